The van der Waals surface area contributed by atoms with Crippen molar-refractivity contribution < 1.29 is 78.2 Å². The summed E-state index contributed by atoms with van der Waals surface area (Å²) in [7, 11) is -4.68. The van der Waals surface area contributed by atoms with Gasteiger partial charge in [-0.3, -0.25) is 0 Å². The Kier molecular flexibility index (Phi) is 8.81. The maximum Gasteiger partial charge on any atom is 1.00 e. The summed E-state index contributed by atoms with van der Waals surface area (Å²) in [6.45, 7) is 0. The van der Waals surface area contributed by atoms with E-state index in [2.05, 4.69) is 42.9 Å². The van der Waals surface area contributed by atoms with E-state index in [9.17, 15) is 14.4 Å². The molecule has 2 aromatic heterocycles. The van der Waals surface area contributed by atoms with Crippen molar-refractivity contribution >= 4 is 47.2 Å². The van der Waals surface area contributed by atoms with Crippen LogP contribution in [0.1, 0.15) is 25.3 Å². The van der Waals surface area contributed by atoms with Crippen LogP contribution < -0.4 is 74.2 Å². The number of ether oxygens (including phenoxy) is 1. The predicted molar refractivity (Wildman–Crippen MR) is 95.1 cm³/mol. The molecule has 1 saturated carbocycles. The molecule has 2 heterocycles. The Labute approximate surface area is 214 Å². The van der Waals surface area contributed by atoms with E-state index in [1.807, 2.05) is 10.6 Å². The first kappa shape index (κ1) is 24.2. The van der Waals surface area contributed by atoms with Crippen LogP contribution in [0.15, 0.2) is 22.3 Å². The number of allylic oxidation sites excluding steroid dienone is 1. The van der Waals surface area contributed by atoms with Crippen molar-refractivity contribution in [3.05, 3.63) is 22.3 Å². The Bertz CT molecular complexity index is 888. The van der Waals surface area contributed by atoms with Gasteiger partial charge in [-0.15, -0.1) is 0 Å². The molecule has 0 bridgehead atoms. The normalized spacial score (nSPS) is 22.1. The second-order valence-corrected chi connectivity index (χ2v) is 8.94. The predicted octanol–water partition coefficient (Wildman–Crippen LogP) is -5.07. The summed E-state index contributed by atoms with van der Waals surface area (Å²) in [5.74, 6) is 0.731. The molecule has 0 aromatic carbocycles. The fourth-order valence-corrected chi connectivity index (χ4v) is 4.05. The standard InChI is InChI=1S/C14H17IN5O4P.2Na/c15-10-3-9(4-11(10)24-7-25(21,22)23)20-6-18-12-13(19-8-1-2-8)16-5-17-14(12)20;;/h3,5-6,8-9,11H,1-2,4,7H2,(H,16,17,19)(H2,21,22,23);;/q;2*+1/p-2/t9-,11-;;/m0../s1. The number of anilines is 1. The largest absolute Gasteiger partial charge is 1.00 e. The Morgan fingerprint density at radius 1 is 1.30 bits per heavy atom. The Balaban J connectivity index is 0.00000131. The minimum atomic E-state index is -4.68. The van der Waals surface area contributed by atoms with Gasteiger partial charge in [0.05, 0.1) is 24.8 Å². The first-order valence-corrected chi connectivity index (χ1v) is 10.7. The van der Waals surface area contributed by atoms with Crippen molar-refractivity contribution in [2.45, 2.75) is 37.5 Å². The van der Waals surface area contributed by atoms with Crippen LogP contribution in [-0.4, -0.2) is 38.0 Å². The van der Waals surface area contributed by atoms with Crippen molar-refractivity contribution in [3.63, 3.8) is 0 Å². The van der Waals surface area contributed by atoms with Gasteiger partial charge in [-0.1, -0.05) is 0 Å². The van der Waals surface area contributed by atoms with Crippen LogP contribution in [0.4, 0.5) is 5.82 Å². The molecule has 4 rings (SSSR count). The van der Waals surface area contributed by atoms with E-state index in [0.717, 1.165) is 22.2 Å². The van der Waals surface area contributed by atoms with Crippen molar-refractivity contribution in [3.8, 4) is 0 Å². The molecule has 0 radical (unpaired) electrons. The third kappa shape index (κ3) is 5.97. The molecular weight excluding hydrogens is 506 g/mol. The summed E-state index contributed by atoms with van der Waals surface area (Å²) < 4.78 is 18.8. The molecule has 1 fully saturated rings. The summed E-state index contributed by atoms with van der Waals surface area (Å²) in [5, 5.41) is 3.35. The maximum absolute atomic E-state index is 10.8. The fourth-order valence-electron chi connectivity index (χ4n) is 2.84. The summed E-state index contributed by atoms with van der Waals surface area (Å²) in [4.78, 5) is 34.6. The van der Waals surface area contributed by atoms with Gasteiger partial charge in [-0.25, -0.2) is 15.0 Å². The summed E-state index contributed by atoms with van der Waals surface area (Å²) in [5.41, 5.74) is 1.42. The number of fused-ring (bicyclic) bond motifs is 1. The number of nitrogens with zero attached hydrogens (tertiary/aromatic N) is 4. The summed E-state index contributed by atoms with van der Waals surface area (Å²) in [6.07, 6.45) is 6.78. The van der Waals surface area contributed by atoms with E-state index in [-0.39, 0.29) is 65.2 Å². The molecule has 27 heavy (non-hydrogen) atoms. The van der Waals surface area contributed by atoms with Crippen LogP contribution >= 0.6 is 30.2 Å². The van der Waals surface area contributed by atoms with E-state index >= 15 is 0 Å². The fraction of sp³-hybridized carbons (Fsp3) is 0.500. The smallest absolute Gasteiger partial charge is 0.809 e. The third-order valence-electron chi connectivity index (χ3n) is 4.18. The van der Waals surface area contributed by atoms with Crippen LogP contribution in [0, 0.1) is 0 Å². The molecule has 134 valence electrons. The van der Waals surface area contributed by atoms with E-state index in [4.69, 9.17) is 4.74 Å². The molecule has 2 aliphatic rings. The second kappa shape index (κ2) is 9.82. The first-order chi connectivity index (χ1) is 11.9. The van der Waals surface area contributed by atoms with Gasteiger partial charge in [0.15, 0.2) is 11.5 Å². The van der Waals surface area contributed by atoms with E-state index < -0.39 is 20.0 Å². The van der Waals surface area contributed by atoms with Gasteiger partial charge < -0.3 is 29.0 Å². The van der Waals surface area contributed by atoms with Gasteiger partial charge in [0.2, 0.25) is 0 Å². The minimum Gasteiger partial charge on any atom is -0.809 e. The molecule has 0 aliphatic heterocycles. The molecule has 2 aliphatic carbocycles. The van der Waals surface area contributed by atoms with E-state index in [0.29, 0.717) is 23.6 Å². The van der Waals surface area contributed by atoms with Crippen LogP contribution in [0.5, 0.6) is 0 Å². The van der Waals surface area contributed by atoms with Crippen LogP contribution in [0.2, 0.25) is 0 Å². The number of aromatic nitrogens is 4. The topological polar surface area (TPSA) is 128 Å². The first-order valence-electron chi connectivity index (χ1n) is 7.85. The molecule has 2 aromatic rings. The van der Waals surface area contributed by atoms with Crippen molar-refractivity contribution in [1.82, 2.24) is 19.5 Å². The summed E-state index contributed by atoms with van der Waals surface area (Å²) >= 11 is 2.10. The third-order valence-corrected chi connectivity index (χ3v) is 5.70. The SMILES string of the molecule is O=P([O-])([O-])CO[C@H]1C[C@@H](n2cnc3c(NC4CC4)ncnc32)C=C1I.[Na+].[Na+]. The maximum atomic E-state index is 10.8. The molecule has 9 nitrogen and oxygen atoms in total. The average molecular weight is 521 g/mol. The Morgan fingerprint density at radius 2 is 2.04 bits per heavy atom. The second-order valence-electron chi connectivity index (χ2n) is 6.21. The average Bonchev–Trinajstić information content (AvgIpc) is 3.12. The van der Waals surface area contributed by atoms with Gasteiger partial charge in [-0.05, 0) is 49.1 Å². The zero-order valence-electron chi connectivity index (χ0n) is 15.0. The van der Waals surface area contributed by atoms with E-state index in [1.54, 1.807) is 6.33 Å². The van der Waals surface area contributed by atoms with Crippen LogP contribution in [0.3, 0.4) is 0 Å². The number of rotatable bonds is 6. The van der Waals surface area contributed by atoms with Crippen LogP contribution in [0.25, 0.3) is 11.2 Å². The molecule has 0 amide bonds. The number of hydrogen-bond acceptors (Lipinski definition) is 8. The monoisotopic (exact) mass is 521 g/mol. The molecule has 0 spiro atoms. The molecule has 1 N–H and O–H groups in total. The number of imidazole rings is 1. The minimum absolute atomic E-state index is 0. The van der Waals surface area contributed by atoms with E-state index in [1.165, 1.54) is 6.33 Å². The van der Waals surface area contributed by atoms with Crippen molar-refractivity contribution in [2.24, 2.45) is 0 Å². The van der Waals surface area contributed by atoms with Gasteiger partial charge in [0, 0.05) is 16.0 Å². The van der Waals surface area contributed by atoms with Gasteiger partial charge in [-0.2, -0.15) is 0 Å². The molecule has 0 saturated heterocycles. The molecule has 13 heteroatoms. The van der Waals surface area contributed by atoms with Gasteiger partial charge >= 0.3 is 59.1 Å². The summed E-state index contributed by atoms with van der Waals surface area (Å²) in [6, 6.07) is 0.395. The number of nitrogens with one attached hydrogen (secondary N) is 1. The van der Waals surface area contributed by atoms with Gasteiger partial charge in [0.25, 0.3) is 0 Å². The zero-order chi connectivity index (χ0) is 17.6. The molecular formula is C14H15IN5Na2O4P. The van der Waals surface area contributed by atoms with Crippen LogP contribution in [-0.2, 0) is 9.30 Å². The zero-order valence-corrected chi connectivity index (χ0v) is 22.1. The van der Waals surface area contributed by atoms with Gasteiger partial charge in [0.1, 0.15) is 11.8 Å². The Morgan fingerprint density at radius 3 is 2.70 bits per heavy atom. The number of halogens is 1. The van der Waals surface area contributed by atoms with Crippen molar-refractivity contribution in [1.29, 1.82) is 0 Å². The molecule has 0 unspecified atom stereocenters. The molecule has 2 atom stereocenters. The quantitative estimate of drug-likeness (QED) is 0.228. The Hall–Kier alpha value is 0.930. The number of hydrogen-bond donors (Lipinski definition) is 1. The van der Waals surface area contributed by atoms with Crippen molar-refractivity contribution in [2.75, 3.05) is 11.7 Å².